The summed E-state index contributed by atoms with van der Waals surface area (Å²) in [7, 11) is 0. The Hall–Kier alpha value is -3.92. The topological polar surface area (TPSA) is 36.3 Å². The normalized spacial score (nSPS) is 15.4. The van der Waals surface area contributed by atoms with Gasteiger partial charge >= 0.3 is 6.18 Å². The van der Waals surface area contributed by atoms with Crippen molar-refractivity contribution in [2.24, 2.45) is 0 Å². The molecule has 1 saturated heterocycles. The summed E-state index contributed by atoms with van der Waals surface area (Å²) in [6.45, 7) is 3.24. The van der Waals surface area contributed by atoms with Crippen molar-refractivity contribution in [1.82, 2.24) is 4.90 Å². The van der Waals surface area contributed by atoms with Crippen LogP contribution in [0.5, 0.6) is 0 Å². The Morgan fingerprint density at radius 1 is 0.775 bits per heavy atom. The van der Waals surface area contributed by atoms with Crippen LogP contribution in [-0.4, -0.2) is 24.6 Å². The highest BCUT2D eigenvalue weighted by Crippen LogP contribution is 2.37. The molecule has 0 saturated carbocycles. The largest absolute Gasteiger partial charge is 0.416 e. The van der Waals surface area contributed by atoms with Crippen molar-refractivity contribution in [3.05, 3.63) is 131 Å². The van der Waals surface area contributed by atoms with Crippen molar-refractivity contribution in [1.29, 1.82) is 5.26 Å². The lowest BCUT2D eigenvalue weighted by Crippen LogP contribution is -2.45. The van der Waals surface area contributed by atoms with Gasteiger partial charge in [0.15, 0.2) is 0 Å². The molecule has 0 N–H and O–H groups in total. The molecule has 40 heavy (non-hydrogen) atoms. The van der Waals surface area contributed by atoms with Crippen LogP contribution in [0.1, 0.15) is 40.7 Å². The smallest absolute Gasteiger partial charge is 0.376 e. The van der Waals surface area contributed by atoms with Gasteiger partial charge in [0.25, 0.3) is 0 Å². The van der Waals surface area contributed by atoms with Crippen LogP contribution in [0, 0.1) is 11.3 Å². The molecule has 0 aliphatic carbocycles. The summed E-state index contributed by atoms with van der Waals surface area (Å²) in [5, 5.41) is 9.06. The lowest BCUT2D eigenvalue weighted by molar-refractivity contribution is -0.137. The second kappa shape index (κ2) is 12.1. The van der Waals surface area contributed by atoms with Crippen molar-refractivity contribution in [3.63, 3.8) is 0 Å². The van der Waals surface area contributed by atoms with E-state index in [9.17, 15) is 13.2 Å². The van der Waals surface area contributed by atoms with Crippen LogP contribution < -0.4 is 0 Å². The number of benzene rings is 4. The van der Waals surface area contributed by atoms with Crippen LogP contribution in [0.3, 0.4) is 0 Å². The fourth-order valence-electron chi connectivity index (χ4n) is 5.50. The third-order valence-electron chi connectivity index (χ3n) is 7.76. The van der Waals surface area contributed by atoms with Gasteiger partial charge in [-0.3, -0.25) is 4.90 Å². The zero-order valence-corrected chi connectivity index (χ0v) is 22.2. The summed E-state index contributed by atoms with van der Waals surface area (Å²) in [6.07, 6.45) is -2.67. The Morgan fingerprint density at radius 2 is 1.43 bits per heavy atom. The van der Waals surface area contributed by atoms with Crippen molar-refractivity contribution >= 4 is 0 Å². The zero-order valence-electron chi connectivity index (χ0n) is 22.2. The van der Waals surface area contributed by atoms with Crippen molar-refractivity contribution in [2.75, 3.05) is 19.7 Å². The van der Waals surface area contributed by atoms with E-state index in [0.29, 0.717) is 28.9 Å². The summed E-state index contributed by atoms with van der Waals surface area (Å²) in [4.78, 5) is 2.45. The van der Waals surface area contributed by atoms with Crippen LogP contribution in [0.15, 0.2) is 103 Å². The molecular formula is C34H31F3N2O. The van der Waals surface area contributed by atoms with Crippen LogP contribution in [-0.2, 0) is 29.5 Å². The van der Waals surface area contributed by atoms with Gasteiger partial charge in [0, 0.05) is 12.0 Å². The molecule has 1 heterocycles. The molecule has 3 nitrogen and oxygen atoms in total. The van der Waals surface area contributed by atoms with Gasteiger partial charge in [0.2, 0.25) is 0 Å². The van der Waals surface area contributed by atoms with Gasteiger partial charge in [-0.2, -0.15) is 18.4 Å². The van der Waals surface area contributed by atoms with Gasteiger partial charge in [-0.05, 0) is 84.1 Å². The maximum absolute atomic E-state index is 13.8. The maximum atomic E-state index is 13.8. The van der Waals surface area contributed by atoms with Gasteiger partial charge in [-0.15, -0.1) is 0 Å². The third-order valence-corrected chi connectivity index (χ3v) is 7.76. The SMILES string of the molecule is N#Cc1ccc(-c2cc(COCC3(c4ccccc4)CCN(Cc4ccccc4)CC3)cc(C(F)(F)F)c2)cc1. The van der Waals surface area contributed by atoms with Gasteiger partial charge in [0.05, 0.1) is 30.4 Å². The maximum Gasteiger partial charge on any atom is 0.416 e. The highest BCUT2D eigenvalue weighted by molar-refractivity contribution is 5.66. The Balaban J connectivity index is 1.33. The van der Waals surface area contributed by atoms with E-state index >= 15 is 0 Å². The first kappa shape index (κ1) is 27.6. The predicted octanol–water partition coefficient (Wildman–Crippen LogP) is 7.99. The number of piperidine rings is 1. The molecular weight excluding hydrogens is 509 g/mol. The standard InChI is InChI=1S/C34H31F3N2O/c35-34(36,37)32-20-28(19-30(21-32)29-13-11-26(22-38)12-14-29)24-40-25-33(31-9-5-2-6-10-31)15-17-39(18-16-33)23-27-7-3-1-4-8-27/h1-14,19-21H,15-18,23-25H2. The first-order valence-corrected chi connectivity index (χ1v) is 13.5. The minimum Gasteiger partial charge on any atom is -0.376 e. The molecule has 4 aromatic rings. The highest BCUT2D eigenvalue weighted by Gasteiger charge is 2.37. The van der Waals surface area contributed by atoms with Crippen molar-refractivity contribution < 1.29 is 17.9 Å². The predicted molar refractivity (Wildman–Crippen MR) is 150 cm³/mol. The van der Waals surface area contributed by atoms with E-state index in [4.69, 9.17) is 10.00 Å². The Bertz CT molecular complexity index is 1440. The molecule has 0 amide bonds. The number of rotatable bonds is 8. The highest BCUT2D eigenvalue weighted by atomic mass is 19.4. The van der Waals surface area contributed by atoms with Crippen molar-refractivity contribution in [3.8, 4) is 17.2 Å². The Kier molecular flexibility index (Phi) is 8.35. The van der Waals surface area contributed by atoms with Gasteiger partial charge in [0.1, 0.15) is 0 Å². The lowest BCUT2D eigenvalue weighted by atomic mass is 9.73. The average molecular weight is 541 g/mol. The van der Waals surface area contributed by atoms with E-state index in [2.05, 4.69) is 41.3 Å². The Labute approximate surface area is 233 Å². The summed E-state index contributed by atoms with van der Waals surface area (Å²) in [5.41, 5.74) is 3.58. The molecule has 0 atom stereocenters. The van der Waals surface area contributed by atoms with Gasteiger partial charge < -0.3 is 4.74 Å². The van der Waals surface area contributed by atoms with E-state index in [1.54, 1.807) is 30.3 Å². The van der Waals surface area contributed by atoms with Crippen LogP contribution in [0.4, 0.5) is 13.2 Å². The molecule has 1 aliphatic heterocycles. The third kappa shape index (κ3) is 6.62. The summed E-state index contributed by atoms with van der Waals surface area (Å²) >= 11 is 0. The van der Waals surface area contributed by atoms with E-state index in [1.165, 1.54) is 17.2 Å². The number of hydrogen-bond acceptors (Lipinski definition) is 3. The molecule has 1 fully saturated rings. The second-order valence-corrected chi connectivity index (χ2v) is 10.5. The average Bonchev–Trinajstić information content (AvgIpc) is 2.98. The van der Waals surface area contributed by atoms with Crippen LogP contribution in [0.2, 0.25) is 0 Å². The summed E-state index contributed by atoms with van der Waals surface area (Å²) < 4.78 is 47.6. The fourth-order valence-corrected chi connectivity index (χ4v) is 5.50. The molecule has 0 aromatic heterocycles. The number of alkyl halides is 3. The monoisotopic (exact) mass is 540 g/mol. The quantitative estimate of drug-likeness (QED) is 0.227. The van der Waals surface area contributed by atoms with Crippen LogP contribution >= 0.6 is 0 Å². The molecule has 4 aromatic carbocycles. The molecule has 0 unspecified atom stereocenters. The molecule has 6 heteroatoms. The van der Waals surface area contributed by atoms with Crippen molar-refractivity contribution in [2.45, 2.75) is 37.6 Å². The Morgan fingerprint density at radius 3 is 2.05 bits per heavy atom. The van der Waals surface area contributed by atoms with E-state index in [1.807, 2.05) is 30.3 Å². The molecule has 204 valence electrons. The zero-order chi connectivity index (χ0) is 28.0. The fraction of sp³-hybridized carbons (Fsp3) is 0.265. The molecule has 0 bridgehead atoms. The summed E-state index contributed by atoms with van der Waals surface area (Å²) in [5.74, 6) is 0. The number of nitrogens with zero attached hydrogens (tertiary/aromatic N) is 2. The van der Waals surface area contributed by atoms with E-state index < -0.39 is 11.7 Å². The first-order chi connectivity index (χ1) is 19.3. The molecule has 5 rings (SSSR count). The summed E-state index contributed by atoms with van der Waals surface area (Å²) in [6, 6.07) is 33.4. The number of likely N-dealkylation sites (tertiary alicyclic amines) is 1. The number of ether oxygens (including phenoxy) is 1. The van der Waals surface area contributed by atoms with E-state index in [-0.39, 0.29) is 12.0 Å². The number of nitriles is 1. The van der Waals surface area contributed by atoms with Gasteiger partial charge in [-0.1, -0.05) is 72.8 Å². The lowest BCUT2D eigenvalue weighted by Gasteiger charge is -2.42. The molecule has 1 aliphatic rings. The van der Waals surface area contributed by atoms with Crippen LogP contribution in [0.25, 0.3) is 11.1 Å². The molecule has 0 spiro atoms. The molecule has 0 radical (unpaired) electrons. The second-order valence-electron chi connectivity index (χ2n) is 10.5. The minimum atomic E-state index is -4.48. The minimum absolute atomic E-state index is 0.0789. The number of hydrogen-bond donors (Lipinski definition) is 0. The first-order valence-electron chi connectivity index (χ1n) is 13.5. The van der Waals surface area contributed by atoms with Gasteiger partial charge in [-0.25, -0.2) is 0 Å². The number of halogens is 3. The van der Waals surface area contributed by atoms with E-state index in [0.717, 1.165) is 38.5 Å².